The fourth-order valence-electron chi connectivity index (χ4n) is 2.70. The number of alkyl halides is 1. The zero-order chi connectivity index (χ0) is 15.5. The summed E-state index contributed by atoms with van der Waals surface area (Å²) in [5.41, 5.74) is 0.400. The molecule has 2 unspecified atom stereocenters. The molecule has 0 saturated heterocycles. The molecule has 1 saturated carbocycles. The maximum atomic E-state index is 12.3. The Balaban J connectivity index is 2.13. The number of rotatable bonds is 4. The van der Waals surface area contributed by atoms with Gasteiger partial charge in [0.2, 0.25) is 0 Å². The van der Waals surface area contributed by atoms with Gasteiger partial charge in [-0.1, -0.05) is 34.8 Å². The first-order chi connectivity index (χ1) is 9.91. The van der Waals surface area contributed by atoms with Crippen molar-refractivity contribution in [2.75, 3.05) is 11.6 Å². The first kappa shape index (κ1) is 16.5. The predicted octanol–water partition coefficient (Wildman–Crippen LogP) is 2.77. The fourth-order valence-corrected chi connectivity index (χ4v) is 4.14. The molecular weight excluding hydrogens is 354 g/mol. The van der Waals surface area contributed by atoms with E-state index in [9.17, 15) is 13.2 Å². The monoisotopic (exact) mass is 373 g/mol. The highest BCUT2D eigenvalue weighted by atomic mass is 79.9. The second-order valence-electron chi connectivity index (χ2n) is 5.58. The number of amides is 1. The van der Waals surface area contributed by atoms with Gasteiger partial charge in [-0.25, -0.2) is 8.42 Å². The largest absolute Gasteiger partial charge is 0.349 e. The molecule has 1 aromatic carbocycles. The fraction of sp³-hybridized carbons (Fsp3) is 0.533. The van der Waals surface area contributed by atoms with Crippen molar-refractivity contribution in [3.05, 3.63) is 29.8 Å². The van der Waals surface area contributed by atoms with Gasteiger partial charge >= 0.3 is 0 Å². The first-order valence-electron chi connectivity index (χ1n) is 7.09. The molecule has 1 N–H and O–H groups in total. The number of halogens is 1. The Morgan fingerprint density at radius 2 is 2.05 bits per heavy atom. The summed E-state index contributed by atoms with van der Waals surface area (Å²) in [6.07, 6.45) is 5.56. The number of benzene rings is 1. The summed E-state index contributed by atoms with van der Waals surface area (Å²) in [6.45, 7) is 0. The number of carbonyl (C=O) groups is 1. The maximum Gasteiger partial charge on any atom is 0.251 e. The summed E-state index contributed by atoms with van der Waals surface area (Å²) in [5.74, 6) is 0.249. The molecule has 0 aromatic heterocycles. The Labute approximate surface area is 134 Å². The van der Waals surface area contributed by atoms with Crippen LogP contribution in [0.4, 0.5) is 0 Å². The van der Waals surface area contributed by atoms with Crippen molar-refractivity contribution in [1.29, 1.82) is 0 Å². The second-order valence-corrected chi connectivity index (χ2v) is 8.24. The van der Waals surface area contributed by atoms with Crippen molar-refractivity contribution in [1.82, 2.24) is 5.32 Å². The van der Waals surface area contributed by atoms with Crippen LogP contribution in [0, 0.1) is 5.92 Å². The quantitative estimate of drug-likeness (QED) is 0.825. The lowest BCUT2D eigenvalue weighted by atomic mass is 9.86. The molecule has 2 rings (SSSR count). The van der Waals surface area contributed by atoms with Crippen LogP contribution < -0.4 is 5.32 Å². The third kappa shape index (κ3) is 4.30. The molecule has 1 fully saturated rings. The van der Waals surface area contributed by atoms with E-state index in [0.717, 1.165) is 30.8 Å². The molecular formula is C15H20BrNO3S. The molecule has 0 heterocycles. The molecule has 21 heavy (non-hydrogen) atoms. The zero-order valence-electron chi connectivity index (χ0n) is 12.0. The molecule has 6 heteroatoms. The van der Waals surface area contributed by atoms with E-state index in [4.69, 9.17) is 0 Å². The molecule has 4 nitrogen and oxygen atoms in total. The standard InChI is InChI=1S/C15H20BrNO3S/c1-21(19,20)13-7-4-6-11(9-13)15(18)17-14-8-3-2-5-12(14)10-16/h4,6-7,9,12,14H,2-3,5,8,10H2,1H3,(H,17,18). The van der Waals surface area contributed by atoms with Crippen molar-refractivity contribution in [3.63, 3.8) is 0 Å². The maximum absolute atomic E-state index is 12.3. The lowest BCUT2D eigenvalue weighted by Gasteiger charge is -2.31. The van der Waals surface area contributed by atoms with Gasteiger partial charge in [0.1, 0.15) is 0 Å². The Kier molecular flexibility index (Phi) is 5.43. The van der Waals surface area contributed by atoms with E-state index in [1.165, 1.54) is 18.6 Å². The summed E-state index contributed by atoms with van der Waals surface area (Å²) in [7, 11) is -3.29. The van der Waals surface area contributed by atoms with Crippen molar-refractivity contribution in [3.8, 4) is 0 Å². The lowest BCUT2D eigenvalue weighted by Crippen LogP contribution is -2.42. The topological polar surface area (TPSA) is 63.2 Å². The van der Waals surface area contributed by atoms with Gasteiger partial charge in [-0.05, 0) is 37.0 Å². The van der Waals surface area contributed by atoms with Crippen LogP contribution in [0.5, 0.6) is 0 Å². The number of sulfone groups is 1. The molecule has 1 aliphatic rings. The lowest BCUT2D eigenvalue weighted by molar-refractivity contribution is 0.0911. The van der Waals surface area contributed by atoms with Gasteiger partial charge in [0.15, 0.2) is 9.84 Å². The molecule has 0 aliphatic heterocycles. The van der Waals surface area contributed by atoms with E-state index in [2.05, 4.69) is 21.2 Å². The highest BCUT2D eigenvalue weighted by molar-refractivity contribution is 9.09. The second kappa shape index (κ2) is 6.92. The zero-order valence-corrected chi connectivity index (χ0v) is 14.4. The molecule has 0 radical (unpaired) electrons. The summed E-state index contributed by atoms with van der Waals surface area (Å²) >= 11 is 3.50. The van der Waals surface area contributed by atoms with Crippen LogP contribution in [-0.4, -0.2) is 32.0 Å². The van der Waals surface area contributed by atoms with E-state index in [1.807, 2.05) is 0 Å². The summed E-state index contributed by atoms with van der Waals surface area (Å²) in [5, 5.41) is 3.93. The van der Waals surface area contributed by atoms with Gasteiger partial charge in [-0.2, -0.15) is 0 Å². The van der Waals surface area contributed by atoms with Crippen molar-refractivity contribution in [2.24, 2.45) is 5.92 Å². The Morgan fingerprint density at radius 3 is 2.71 bits per heavy atom. The smallest absolute Gasteiger partial charge is 0.251 e. The molecule has 1 amide bonds. The van der Waals surface area contributed by atoms with Gasteiger partial charge in [0.05, 0.1) is 4.90 Å². The minimum absolute atomic E-state index is 0.160. The van der Waals surface area contributed by atoms with Gasteiger partial charge in [0.25, 0.3) is 5.91 Å². The highest BCUT2D eigenvalue weighted by Gasteiger charge is 2.26. The molecule has 0 bridgehead atoms. The molecule has 0 spiro atoms. The van der Waals surface area contributed by atoms with E-state index in [0.29, 0.717) is 11.5 Å². The van der Waals surface area contributed by atoms with Crippen LogP contribution in [0.25, 0.3) is 0 Å². The van der Waals surface area contributed by atoms with Crippen LogP contribution >= 0.6 is 15.9 Å². The highest BCUT2D eigenvalue weighted by Crippen LogP contribution is 2.26. The minimum atomic E-state index is -3.29. The third-order valence-corrected chi connectivity index (χ3v) is 5.89. The number of carbonyl (C=O) groups excluding carboxylic acids is 1. The van der Waals surface area contributed by atoms with Crippen LogP contribution in [0.1, 0.15) is 36.0 Å². The van der Waals surface area contributed by atoms with Crippen molar-refractivity contribution < 1.29 is 13.2 Å². The average molecular weight is 374 g/mol. The SMILES string of the molecule is CS(=O)(=O)c1cccc(C(=O)NC2CCCCC2CBr)c1. The third-order valence-electron chi connectivity index (χ3n) is 3.95. The van der Waals surface area contributed by atoms with Crippen LogP contribution in [-0.2, 0) is 9.84 Å². The van der Waals surface area contributed by atoms with Crippen LogP contribution in [0.2, 0.25) is 0 Å². The van der Waals surface area contributed by atoms with Crippen molar-refractivity contribution >= 4 is 31.7 Å². The van der Waals surface area contributed by atoms with E-state index >= 15 is 0 Å². The number of nitrogens with one attached hydrogen (secondary N) is 1. The first-order valence-corrected chi connectivity index (χ1v) is 10.1. The molecule has 2 atom stereocenters. The van der Waals surface area contributed by atoms with Crippen LogP contribution in [0.3, 0.4) is 0 Å². The average Bonchev–Trinajstić information content (AvgIpc) is 2.47. The van der Waals surface area contributed by atoms with E-state index < -0.39 is 9.84 Å². The summed E-state index contributed by atoms with van der Waals surface area (Å²) < 4.78 is 23.1. The Bertz CT molecular complexity index is 615. The summed E-state index contributed by atoms with van der Waals surface area (Å²) in [6, 6.07) is 6.36. The molecule has 1 aliphatic carbocycles. The number of hydrogen-bond donors (Lipinski definition) is 1. The van der Waals surface area contributed by atoms with Gasteiger partial charge in [-0.15, -0.1) is 0 Å². The van der Waals surface area contributed by atoms with Crippen LogP contribution in [0.15, 0.2) is 29.2 Å². The molecule has 1 aromatic rings. The number of hydrogen-bond acceptors (Lipinski definition) is 3. The van der Waals surface area contributed by atoms with E-state index in [1.54, 1.807) is 12.1 Å². The summed E-state index contributed by atoms with van der Waals surface area (Å²) in [4.78, 5) is 12.5. The minimum Gasteiger partial charge on any atom is -0.349 e. The Hall–Kier alpha value is -0.880. The Morgan fingerprint density at radius 1 is 1.33 bits per heavy atom. The normalized spacial score (nSPS) is 22.8. The van der Waals surface area contributed by atoms with Crippen molar-refractivity contribution in [2.45, 2.75) is 36.6 Å². The van der Waals surface area contributed by atoms with E-state index in [-0.39, 0.29) is 16.8 Å². The van der Waals surface area contributed by atoms with Gasteiger partial charge in [-0.3, -0.25) is 4.79 Å². The molecule has 116 valence electrons. The predicted molar refractivity (Wildman–Crippen MR) is 86.6 cm³/mol. The van der Waals surface area contributed by atoms with Gasteiger partial charge in [0, 0.05) is 23.2 Å². The van der Waals surface area contributed by atoms with Gasteiger partial charge < -0.3 is 5.32 Å².